The van der Waals surface area contributed by atoms with Crippen LogP contribution in [0.1, 0.15) is 21.5 Å². The minimum atomic E-state index is -0.327. The van der Waals surface area contributed by atoms with Crippen molar-refractivity contribution in [1.29, 1.82) is 0 Å². The van der Waals surface area contributed by atoms with Crippen LogP contribution in [0.4, 0.5) is 10.1 Å². The Morgan fingerprint density at radius 2 is 1.61 bits per heavy atom. The van der Waals surface area contributed by atoms with Gasteiger partial charge in [-0.1, -0.05) is 18.2 Å². The van der Waals surface area contributed by atoms with E-state index in [1.54, 1.807) is 16.8 Å². The molecule has 0 spiro atoms. The van der Waals surface area contributed by atoms with Crippen LogP contribution >= 0.6 is 0 Å². The van der Waals surface area contributed by atoms with E-state index < -0.39 is 0 Å². The van der Waals surface area contributed by atoms with Crippen molar-refractivity contribution >= 4 is 11.6 Å². The smallest absolute Gasteiger partial charge is 0.261 e. The lowest BCUT2D eigenvalue weighted by Crippen LogP contribution is -2.16. The number of aromatic nitrogens is 3. The fraction of sp³-hybridized carbons (Fsp3) is 0.0909. The third kappa shape index (κ3) is 3.20. The monoisotopic (exact) mass is 374 g/mol. The van der Waals surface area contributed by atoms with Crippen LogP contribution < -0.4 is 5.32 Å². The standard InChI is InChI=1S/C22H19FN4O/c1-15-6-5-7-16(2)20(15)25-21(28)19-14-24-27(18-10-8-17(23)9-11-18)22(19)26-12-3-4-13-26/h3-14H,1-2H3,(H,25,28). The van der Waals surface area contributed by atoms with Gasteiger partial charge in [-0.05, 0) is 61.4 Å². The second-order valence-corrected chi connectivity index (χ2v) is 6.58. The number of hydrogen-bond acceptors (Lipinski definition) is 2. The van der Waals surface area contributed by atoms with E-state index in [9.17, 15) is 9.18 Å². The molecule has 0 aliphatic carbocycles. The largest absolute Gasteiger partial charge is 0.321 e. The molecular formula is C22H19FN4O. The molecule has 140 valence electrons. The number of hydrogen-bond donors (Lipinski definition) is 1. The van der Waals surface area contributed by atoms with Gasteiger partial charge in [0.1, 0.15) is 11.4 Å². The second kappa shape index (κ2) is 7.15. The predicted molar refractivity (Wildman–Crippen MR) is 107 cm³/mol. The Morgan fingerprint density at radius 3 is 2.25 bits per heavy atom. The molecule has 0 fully saturated rings. The Balaban J connectivity index is 1.79. The fourth-order valence-corrected chi connectivity index (χ4v) is 3.19. The van der Waals surface area contributed by atoms with E-state index in [-0.39, 0.29) is 11.7 Å². The molecule has 1 amide bonds. The molecule has 0 saturated carbocycles. The molecule has 5 nitrogen and oxygen atoms in total. The Morgan fingerprint density at radius 1 is 0.964 bits per heavy atom. The Bertz CT molecular complexity index is 1110. The quantitative estimate of drug-likeness (QED) is 0.564. The van der Waals surface area contributed by atoms with Crippen molar-refractivity contribution in [3.63, 3.8) is 0 Å². The molecule has 0 aliphatic rings. The summed E-state index contributed by atoms with van der Waals surface area (Å²) >= 11 is 0. The zero-order chi connectivity index (χ0) is 19.7. The number of anilines is 1. The summed E-state index contributed by atoms with van der Waals surface area (Å²) < 4.78 is 16.8. The lowest BCUT2D eigenvalue weighted by Gasteiger charge is -2.13. The minimum absolute atomic E-state index is 0.255. The number of rotatable bonds is 4. The number of carbonyl (C=O) groups excluding carboxylic acids is 1. The van der Waals surface area contributed by atoms with E-state index in [4.69, 9.17) is 0 Å². The maximum Gasteiger partial charge on any atom is 0.261 e. The molecule has 0 saturated heterocycles. The summed E-state index contributed by atoms with van der Waals surface area (Å²) in [4.78, 5) is 13.1. The number of nitrogens with one attached hydrogen (secondary N) is 1. The topological polar surface area (TPSA) is 51.9 Å². The van der Waals surface area contributed by atoms with Crippen molar-refractivity contribution in [2.75, 3.05) is 5.32 Å². The number of aryl methyl sites for hydroxylation is 2. The minimum Gasteiger partial charge on any atom is -0.321 e. The van der Waals surface area contributed by atoms with Gasteiger partial charge in [-0.25, -0.2) is 9.07 Å². The first-order chi connectivity index (χ1) is 13.5. The molecule has 4 aromatic rings. The van der Waals surface area contributed by atoms with Crippen LogP contribution in [0, 0.1) is 19.7 Å². The molecule has 2 heterocycles. The molecular weight excluding hydrogens is 355 g/mol. The van der Waals surface area contributed by atoms with Crippen LogP contribution in [-0.4, -0.2) is 20.3 Å². The van der Waals surface area contributed by atoms with Crippen LogP contribution in [0.3, 0.4) is 0 Å². The summed E-state index contributed by atoms with van der Waals surface area (Å²) in [6, 6.07) is 15.6. The zero-order valence-corrected chi connectivity index (χ0v) is 15.6. The van der Waals surface area contributed by atoms with Gasteiger partial charge in [-0.3, -0.25) is 4.79 Å². The summed E-state index contributed by atoms with van der Waals surface area (Å²) in [6.07, 6.45) is 5.21. The normalized spacial score (nSPS) is 10.8. The van der Waals surface area contributed by atoms with Crippen LogP contribution in [0.2, 0.25) is 0 Å². The molecule has 0 bridgehead atoms. The van der Waals surface area contributed by atoms with E-state index in [1.165, 1.54) is 18.3 Å². The maximum atomic E-state index is 13.3. The Labute approximate surface area is 162 Å². The highest BCUT2D eigenvalue weighted by Crippen LogP contribution is 2.24. The summed E-state index contributed by atoms with van der Waals surface area (Å²) in [5, 5.41) is 7.40. The Kier molecular flexibility index (Phi) is 4.53. The average Bonchev–Trinajstić information content (AvgIpc) is 3.34. The van der Waals surface area contributed by atoms with E-state index in [0.717, 1.165) is 16.8 Å². The third-order valence-corrected chi connectivity index (χ3v) is 4.63. The van der Waals surface area contributed by atoms with Crippen molar-refractivity contribution < 1.29 is 9.18 Å². The van der Waals surface area contributed by atoms with Crippen molar-refractivity contribution in [3.8, 4) is 11.5 Å². The van der Waals surface area contributed by atoms with Crippen LogP contribution in [0.25, 0.3) is 11.5 Å². The molecule has 6 heteroatoms. The maximum absolute atomic E-state index is 13.3. The SMILES string of the molecule is Cc1cccc(C)c1NC(=O)c1cnn(-c2ccc(F)cc2)c1-n1cccc1. The van der Waals surface area contributed by atoms with Gasteiger partial charge in [0.25, 0.3) is 5.91 Å². The van der Waals surface area contributed by atoms with Gasteiger partial charge in [0, 0.05) is 18.1 Å². The molecule has 2 aromatic heterocycles. The van der Waals surface area contributed by atoms with Crippen molar-refractivity contribution in [1.82, 2.24) is 14.3 Å². The van der Waals surface area contributed by atoms with E-state index in [2.05, 4.69) is 10.4 Å². The van der Waals surface area contributed by atoms with E-state index >= 15 is 0 Å². The van der Waals surface area contributed by atoms with Gasteiger partial charge in [0.2, 0.25) is 0 Å². The fourth-order valence-electron chi connectivity index (χ4n) is 3.19. The van der Waals surface area contributed by atoms with Gasteiger partial charge in [-0.2, -0.15) is 5.10 Å². The first-order valence-corrected chi connectivity index (χ1v) is 8.89. The molecule has 28 heavy (non-hydrogen) atoms. The van der Waals surface area contributed by atoms with Crippen LogP contribution in [0.15, 0.2) is 73.2 Å². The lowest BCUT2D eigenvalue weighted by molar-refractivity contribution is 0.102. The van der Waals surface area contributed by atoms with Crippen molar-refractivity contribution in [2.24, 2.45) is 0 Å². The number of benzene rings is 2. The lowest BCUT2D eigenvalue weighted by atomic mass is 10.1. The van der Waals surface area contributed by atoms with Gasteiger partial charge in [0.05, 0.1) is 11.9 Å². The summed E-state index contributed by atoms with van der Waals surface area (Å²) in [6.45, 7) is 3.91. The highest BCUT2D eigenvalue weighted by atomic mass is 19.1. The van der Waals surface area contributed by atoms with Gasteiger partial charge >= 0.3 is 0 Å². The van der Waals surface area contributed by atoms with Gasteiger partial charge < -0.3 is 9.88 Å². The molecule has 4 rings (SSSR count). The summed E-state index contributed by atoms with van der Waals surface area (Å²) in [5.41, 5.74) is 3.85. The van der Waals surface area contributed by atoms with E-state index in [0.29, 0.717) is 17.1 Å². The first-order valence-electron chi connectivity index (χ1n) is 8.89. The first kappa shape index (κ1) is 17.7. The Hall–Kier alpha value is -3.67. The molecule has 1 N–H and O–H groups in total. The number of amides is 1. The molecule has 0 unspecified atom stereocenters. The predicted octanol–water partition coefficient (Wildman–Crippen LogP) is 4.67. The number of halogens is 1. The van der Waals surface area contributed by atoms with Gasteiger partial charge in [0.15, 0.2) is 5.82 Å². The molecule has 0 aliphatic heterocycles. The van der Waals surface area contributed by atoms with Crippen molar-refractivity contribution in [3.05, 3.63) is 95.7 Å². The van der Waals surface area contributed by atoms with Gasteiger partial charge in [-0.15, -0.1) is 0 Å². The molecule has 0 atom stereocenters. The molecule has 0 radical (unpaired) electrons. The zero-order valence-electron chi connectivity index (χ0n) is 15.6. The van der Waals surface area contributed by atoms with Crippen LogP contribution in [-0.2, 0) is 0 Å². The highest BCUT2D eigenvalue weighted by molar-refractivity contribution is 6.07. The van der Waals surface area contributed by atoms with Crippen molar-refractivity contribution in [2.45, 2.75) is 13.8 Å². The summed E-state index contributed by atoms with van der Waals surface area (Å²) in [7, 11) is 0. The number of nitrogens with zero attached hydrogens (tertiary/aromatic N) is 3. The third-order valence-electron chi connectivity index (χ3n) is 4.63. The number of para-hydroxylation sites is 1. The summed E-state index contributed by atoms with van der Waals surface area (Å²) in [5.74, 6) is 0.00113. The van der Waals surface area contributed by atoms with Crippen LogP contribution in [0.5, 0.6) is 0 Å². The number of carbonyl (C=O) groups is 1. The average molecular weight is 374 g/mol. The van der Waals surface area contributed by atoms with E-state index in [1.807, 2.05) is 61.1 Å². The second-order valence-electron chi connectivity index (χ2n) is 6.58. The highest BCUT2D eigenvalue weighted by Gasteiger charge is 2.21. The molecule has 2 aromatic carbocycles.